The molecule has 1 heterocycles. The van der Waals surface area contributed by atoms with Crippen LogP contribution in [0.2, 0.25) is 5.02 Å². The number of nitrogens with one attached hydrogen (secondary N) is 1. The van der Waals surface area contributed by atoms with E-state index >= 15 is 0 Å². The Morgan fingerprint density at radius 1 is 1.41 bits per heavy atom. The van der Waals surface area contributed by atoms with E-state index in [1.54, 1.807) is 12.3 Å². The minimum atomic E-state index is 0.321. The average molecular weight is 251 g/mol. The van der Waals surface area contributed by atoms with Gasteiger partial charge in [-0.25, -0.2) is 4.98 Å². The lowest BCUT2D eigenvalue weighted by Crippen LogP contribution is -2.33. The van der Waals surface area contributed by atoms with Crippen LogP contribution in [-0.2, 0) is 0 Å². The predicted octanol–water partition coefficient (Wildman–Crippen LogP) is 2.29. The molecule has 0 aliphatic heterocycles. The van der Waals surface area contributed by atoms with Gasteiger partial charge >= 0.3 is 0 Å². The van der Waals surface area contributed by atoms with E-state index in [9.17, 15) is 0 Å². The molecular weight excluding hydrogens is 236 g/mol. The van der Waals surface area contributed by atoms with Crippen LogP contribution in [0.3, 0.4) is 0 Å². The van der Waals surface area contributed by atoms with Crippen molar-refractivity contribution in [2.24, 2.45) is 5.73 Å². The molecule has 17 heavy (non-hydrogen) atoms. The van der Waals surface area contributed by atoms with Gasteiger partial charge in [-0.2, -0.15) is 5.26 Å². The molecule has 4 nitrogen and oxygen atoms in total. The lowest BCUT2D eigenvalue weighted by molar-refractivity contribution is 0.410. The average Bonchev–Trinajstić information content (AvgIpc) is 2.35. The van der Waals surface area contributed by atoms with Gasteiger partial charge in [-0.15, -0.1) is 0 Å². The molecule has 0 radical (unpaired) electrons. The molecule has 0 unspecified atom stereocenters. The predicted molar refractivity (Wildman–Crippen MR) is 67.8 cm³/mol. The molecule has 1 fully saturated rings. The van der Waals surface area contributed by atoms with E-state index in [1.165, 1.54) is 0 Å². The molecule has 0 amide bonds. The zero-order chi connectivity index (χ0) is 12.3. The molecule has 1 aliphatic carbocycles. The van der Waals surface area contributed by atoms with E-state index in [4.69, 9.17) is 22.6 Å². The third-order valence-corrected chi connectivity index (χ3v) is 3.50. The fourth-order valence-electron chi connectivity index (χ4n) is 2.09. The maximum atomic E-state index is 8.88. The fourth-order valence-corrected chi connectivity index (χ4v) is 2.30. The smallest absolute Gasteiger partial charge is 0.146 e. The maximum absolute atomic E-state index is 8.88. The number of halogens is 1. The number of aromatic nitrogens is 1. The number of hydrogen-bond donors (Lipinski definition) is 2. The van der Waals surface area contributed by atoms with Gasteiger partial charge in [0.05, 0.1) is 5.56 Å². The van der Waals surface area contributed by atoms with Gasteiger partial charge in [0, 0.05) is 18.3 Å². The van der Waals surface area contributed by atoms with Crippen molar-refractivity contribution in [3.05, 3.63) is 22.8 Å². The monoisotopic (exact) mass is 250 g/mol. The second-order valence-corrected chi connectivity index (χ2v) is 4.77. The Bertz CT molecular complexity index is 433. The Balaban J connectivity index is 2.06. The first-order chi connectivity index (χ1) is 8.20. The van der Waals surface area contributed by atoms with Gasteiger partial charge in [-0.1, -0.05) is 11.6 Å². The van der Waals surface area contributed by atoms with Gasteiger partial charge in [-0.05, 0) is 31.7 Å². The molecule has 0 aromatic carbocycles. The Morgan fingerprint density at radius 2 is 2.12 bits per heavy atom. The summed E-state index contributed by atoms with van der Waals surface area (Å²) in [7, 11) is 0. The summed E-state index contributed by atoms with van der Waals surface area (Å²) in [6, 6.07) is 4.34. The summed E-state index contributed by atoms with van der Waals surface area (Å²) in [4.78, 5) is 4.17. The van der Waals surface area contributed by atoms with E-state index in [1.807, 2.05) is 6.07 Å². The molecule has 0 bridgehead atoms. The van der Waals surface area contributed by atoms with Crippen LogP contribution in [0, 0.1) is 11.3 Å². The van der Waals surface area contributed by atoms with Crippen LogP contribution in [0.15, 0.2) is 12.3 Å². The first-order valence-corrected chi connectivity index (χ1v) is 6.15. The minimum absolute atomic E-state index is 0.321. The van der Waals surface area contributed by atoms with Gasteiger partial charge < -0.3 is 11.1 Å². The van der Waals surface area contributed by atoms with Crippen molar-refractivity contribution < 1.29 is 0 Å². The van der Waals surface area contributed by atoms with Crippen LogP contribution in [0.25, 0.3) is 0 Å². The standard InChI is InChI=1S/C12H15ClN4/c13-11-8(7-14)5-6-16-12(11)17-10-3-1-9(15)2-4-10/h5-6,9-10H,1-4,15H2,(H,16,17). The van der Waals surface area contributed by atoms with Crippen molar-refractivity contribution in [2.75, 3.05) is 5.32 Å². The van der Waals surface area contributed by atoms with Crippen molar-refractivity contribution >= 4 is 17.4 Å². The van der Waals surface area contributed by atoms with Gasteiger partial charge in [0.25, 0.3) is 0 Å². The summed E-state index contributed by atoms with van der Waals surface area (Å²) in [6.07, 6.45) is 5.69. The topological polar surface area (TPSA) is 74.7 Å². The summed E-state index contributed by atoms with van der Waals surface area (Å²) in [6.45, 7) is 0. The van der Waals surface area contributed by atoms with E-state index < -0.39 is 0 Å². The van der Waals surface area contributed by atoms with E-state index in [0.29, 0.717) is 28.5 Å². The Labute approximate surface area is 106 Å². The summed E-state index contributed by atoms with van der Waals surface area (Å²) >= 11 is 6.08. The van der Waals surface area contributed by atoms with Gasteiger partial charge in [0.2, 0.25) is 0 Å². The highest BCUT2D eigenvalue weighted by molar-refractivity contribution is 6.34. The fraction of sp³-hybridized carbons (Fsp3) is 0.500. The third-order valence-electron chi connectivity index (χ3n) is 3.12. The normalized spacial score (nSPS) is 24.1. The molecular formula is C12H15ClN4. The van der Waals surface area contributed by atoms with Crippen molar-refractivity contribution in [1.82, 2.24) is 4.98 Å². The largest absolute Gasteiger partial charge is 0.366 e. The number of nitrogens with zero attached hydrogens (tertiary/aromatic N) is 2. The second kappa shape index (κ2) is 5.35. The zero-order valence-corrected chi connectivity index (χ0v) is 10.2. The van der Waals surface area contributed by atoms with E-state index in [2.05, 4.69) is 10.3 Å². The molecule has 1 aromatic rings. The summed E-state index contributed by atoms with van der Waals surface area (Å²) in [5.41, 5.74) is 6.31. The first kappa shape index (κ1) is 12.2. The molecule has 5 heteroatoms. The summed E-state index contributed by atoms with van der Waals surface area (Å²) < 4.78 is 0. The lowest BCUT2D eigenvalue weighted by Gasteiger charge is -2.27. The molecule has 0 spiro atoms. The van der Waals surface area contributed by atoms with Crippen LogP contribution >= 0.6 is 11.6 Å². The van der Waals surface area contributed by atoms with Gasteiger partial charge in [-0.3, -0.25) is 0 Å². The molecule has 3 N–H and O–H groups in total. The van der Waals surface area contributed by atoms with Gasteiger partial charge in [0.1, 0.15) is 16.9 Å². The number of anilines is 1. The van der Waals surface area contributed by atoms with E-state index in [0.717, 1.165) is 25.7 Å². The highest BCUT2D eigenvalue weighted by atomic mass is 35.5. The molecule has 1 aliphatic rings. The SMILES string of the molecule is N#Cc1ccnc(NC2CCC(N)CC2)c1Cl. The summed E-state index contributed by atoms with van der Waals surface area (Å²) in [5.74, 6) is 0.603. The first-order valence-electron chi connectivity index (χ1n) is 5.77. The quantitative estimate of drug-likeness (QED) is 0.845. The number of hydrogen-bond acceptors (Lipinski definition) is 4. The van der Waals surface area contributed by atoms with Crippen LogP contribution in [0.5, 0.6) is 0 Å². The van der Waals surface area contributed by atoms with Crippen LogP contribution in [0.4, 0.5) is 5.82 Å². The molecule has 90 valence electrons. The third kappa shape index (κ3) is 2.87. The Morgan fingerprint density at radius 3 is 2.76 bits per heavy atom. The maximum Gasteiger partial charge on any atom is 0.146 e. The van der Waals surface area contributed by atoms with Crippen LogP contribution < -0.4 is 11.1 Å². The number of pyridine rings is 1. The molecule has 2 rings (SSSR count). The van der Waals surface area contributed by atoms with Crippen LogP contribution in [0.1, 0.15) is 31.2 Å². The number of nitriles is 1. The molecule has 0 saturated heterocycles. The Kier molecular flexibility index (Phi) is 3.82. The number of nitrogens with two attached hydrogens (primary N) is 1. The highest BCUT2D eigenvalue weighted by Gasteiger charge is 2.19. The number of rotatable bonds is 2. The van der Waals surface area contributed by atoms with Gasteiger partial charge in [0.15, 0.2) is 0 Å². The Hall–Kier alpha value is -1.31. The summed E-state index contributed by atoms with van der Waals surface area (Å²) in [5, 5.41) is 12.6. The minimum Gasteiger partial charge on any atom is -0.366 e. The molecule has 1 saturated carbocycles. The van der Waals surface area contributed by atoms with Crippen molar-refractivity contribution in [3.8, 4) is 6.07 Å². The lowest BCUT2D eigenvalue weighted by atomic mass is 9.92. The molecule has 1 aromatic heterocycles. The van der Waals surface area contributed by atoms with Crippen molar-refractivity contribution in [3.63, 3.8) is 0 Å². The highest BCUT2D eigenvalue weighted by Crippen LogP contribution is 2.26. The second-order valence-electron chi connectivity index (χ2n) is 4.39. The van der Waals surface area contributed by atoms with E-state index in [-0.39, 0.29) is 0 Å². The zero-order valence-electron chi connectivity index (χ0n) is 9.49. The molecule has 0 atom stereocenters. The van der Waals surface area contributed by atoms with Crippen molar-refractivity contribution in [1.29, 1.82) is 5.26 Å². The van der Waals surface area contributed by atoms with Crippen LogP contribution in [-0.4, -0.2) is 17.1 Å². The van der Waals surface area contributed by atoms with Crippen molar-refractivity contribution in [2.45, 2.75) is 37.8 Å².